The Bertz CT molecular complexity index is 1020. The first kappa shape index (κ1) is 24.4. The van der Waals surface area contributed by atoms with Gasteiger partial charge in [0.25, 0.3) is 5.91 Å². The van der Waals surface area contributed by atoms with Gasteiger partial charge in [0.2, 0.25) is 11.8 Å². The monoisotopic (exact) mass is 465 g/mol. The number of carbonyl (C=O) groups is 4. The Labute approximate surface area is 189 Å². The lowest BCUT2D eigenvalue weighted by molar-refractivity contribution is -0.126. The number of amides is 2. The summed E-state index contributed by atoms with van der Waals surface area (Å²) in [5.41, 5.74) is 0.718. The molecule has 0 unspecified atom stereocenters. The molecule has 1 aliphatic rings. The van der Waals surface area contributed by atoms with Crippen LogP contribution in [0.15, 0.2) is 33.8 Å². The normalized spacial score (nSPS) is 14.2. The van der Waals surface area contributed by atoms with Gasteiger partial charge in [-0.2, -0.15) is 0 Å². The first-order valence-corrected chi connectivity index (χ1v) is 10.1. The summed E-state index contributed by atoms with van der Waals surface area (Å²) in [7, 11) is 0. The standard InChI is InChI=1S/C21H21Cl2N3O5/c1-10(2)14-7-18(24-9-17(14)29)31-20-15(22)5-13(6-16(20)23)8-25-19(11(3)27)21(30)26-12(4)28/h5-7,10H,8-9H2,1-4H3,(H,26,28,30). The number of ether oxygens (including phenoxy) is 1. The topological polar surface area (TPSA) is 114 Å². The van der Waals surface area contributed by atoms with Crippen molar-refractivity contribution < 1.29 is 23.9 Å². The number of rotatable bonds is 6. The number of hydrogen-bond acceptors (Lipinski definition) is 7. The Morgan fingerprint density at radius 3 is 2.32 bits per heavy atom. The molecule has 2 rings (SSSR count). The van der Waals surface area contributed by atoms with Gasteiger partial charge in [-0.1, -0.05) is 37.0 Å². The first-order valence-electron chi connectivity index (χ1n) is 9.31. The summed E-state index contributed by atoms with van der Waals surface area (Å²) in [6.07, 6.45) is 1.56. The molecule has 2 amide bonds. The average molecular weight is 466 g/mol. The molecule has 1 aromatic carbocycles. The Kier molecular flexibility index (Phi) is 8.24. The summed E-state index contributed by atoms with van der Waals surface area (Å²) >= 11 is 12.6. The van der Waals surface area contributed by atoms with Gasteiger partial charge >= 0.3 is 0 Å². The maximum absolute atomic E-state index is 11.9. The minimum Gasteiger partial charge on any atom is -0.436 e. The van der Waals surface area contributed by atoms with Crippen LogP contribution in [0.5, 0.6) is 5.75 Å². The lowest BCUT2D eigenvalue weighted by Gasteiger charge is -2.17. The molecule has 1 aliphatic heterocycles. The van der Waals surface area contributed by atoms with Crippen molar-refractivity contribution in [2.45, 2.75) is 34.2 Å². The van der Waals surface area contributed by atoms with Crippen molar-refractivity contribution in [3.05, 3.63) is 39.4 Å². The molecule has 10 heteroatoms. The molecule has 0 atom stereocenters. The third kappa shape index (κ3) is 6.57. The number of ketones is 2. The number of hydrogen-bond donors (Lipinski definition) is 1. The molecule has 0 aromatic heterocycles. The van der Waals surface area contributed by atoms with Crippen LogP contribution in [-0.2, 0) is 25.7 Å². The van der Waals surface area contributed by atoms with Gasteiger partial charge < -0.3 is 4.74 Å². The summed E-state index contributed by atoms with van der Waals surface area (Å²) in [6, 6.07) is 3.04. The van der Waals surface area contributed by atoms with Gasteiger partial charge in [-0.3, -0.25) is 29.5 Å². The third-order valence-corrected chi connectivity index (χ3v) is 4.69. The summed E-state index contributed by atoms with van der Waals surface area (Å²) < 4.78 is 5.71. The van der Waals surface area contributed by atoms with Crippen molar-refractivity contribution >= 4 is 58.2 Å². The van der Waals surface area contributed by atoms with Crippen LogP contribution in [0.4, 0.5) is 0 Å². The van der Waals surface area contributed by atoms with Crippen LogP contribution >= 0.6 is 23.2 Å². The van der Waals surface area contributed by atoms with Crippen LogP contribution in [0.25, 0.3) is 0 Å². The summed E-state index contributed by atoms with van der Waals surface area (Å²) in [4.78, 5) is 54.6. The maximum Gasteiger partial charge on any atom is 0.279 e. The van der Waals surface area contributed by atoms with E-state index >= 15 is 0 Å². The molecule has 31 heavy (non-hydrogen) atoms. The molecule has 0 radical (unpaired) electrons. The van der Waals surface area contributed by atoms with E-state index in [2.05, 4.69) is 9.98 Å². The zero-order valence-corrected chi connectivity index (χ0v) is 18.9. The average Bonchev–Trinajstić information content (AvgIpc) is 2.65. The van der Waals surface area contributed by atoms with Crippen LogP contribution in [0, 0.1) is 5.92 Å². The third-order valence-electron chi connectivity index (χ3n) is 4.12. The predicted molar refractivity (Wildman–Crippen MR) is 118 cm³/mol. The van der Waals surface area contributed by atoms with Gasteiger partial charge in [0.1, 0.15) is 6.54 Å². The molecule has 0 spiro atoms. The molecule has 0 aliphatic carbocycles. The van der Waals surface area contributed by atoms with Gasteiger partial charge in [0, 0.05) is 25.5 Å². The molecular formula is C21H21Cl2N3O5. The number of carbonyl (C=O) groups excluding carboxylic acids is 4. The van der Waals surface area contributed by atoms with E-state index in [4.69, 9.17) is 27.9 Å². The molecule has 0 fully saturated rings. The van der Waals surface area contributed by atoms with Crippen molar-refractivity contribution in [3.63, 3.8) is 0 Å². The second-order valence-corrected chi connectivity index (χ2v) is 7.87. The van der Waals surface area contributed by atoms with Crippen molar-refractivity contribution in [3.8, 4) is 5.75 Å². The molecule has 1 N–H and O–H groups in total. The highest BCUT2D eigenvalue weighted by Gasteiger charge is 2.21. The van der Waals surface area contributed by atoms with E-state index in [1.165, 1.54) is 19.1 Å². The fraction of sp³-hybridized carbons (Fsp3) is 0.333. The Morgan fingerprint density at radius 2 is 1.81 bits per heavy atom. The fourth-order valence-electron chi connectivity index (χ4n) is 2.69. The molecule has 0 bridgehead atoms. The molecule has 0 saturated carbocycles. The van der Waals surface area contributed by atoms with E-state index < -0.39 is 23.3 Å². The van der Waals surface area contributed by atoms with Gasteiger partial charge in [-0.05, 0) is 23.6 Å². The van der Waals surface area contributed by atoms with Crippen LogP contribution in [-0.4, -0.2) is 41.5 Å². The zero-order chi connectivity index (χ0) is 23.3. The summed E-state index contributed by atoms with van der Waals surface area (Å²) in [5.74, 6) is -1.75. The number of imide groups is 1. The predicted octanol–water partition coefficient (Wildman–Crippen LogP) is 3.13. The highest BCUT2D eigenvalue weighted by molar-refractivity contribution is 6.66. The Hall–Kier alpha value is -2.84. The zero-order valence-electron chi connectivity index (χ0n) is 17.4. The molecule has 1 aromatic rings. The Balaban J connectivity index is 2.24. The number of dihydropyridines is 1. The largest absolute Gasteiger partial charge is 0.436 e. The van der Waals surface area contributed by atoms with Crippen LogP contribution in [0.3, 0.4) is 0 Å². The number of nitrogens with zero attached hydrogens (tertiary/aromatic N) is 2. The fourth-order valence-corrected chi connectivity index (χ4v) is 3.30. The minimum absolute atomic E-state index is 0.0163. The Morgan fingerprint density at radius 1 is 1.19 bits per heavy atom. The van der Waals surface area contributed by atoms with E-state index in [0.717, 1.165) is 6.92 Å². The summed E-state index contributed by atoms with van der Waals surface area (Å²) in [6.45, 7) is 6.02. The lowest BCUT2D eigenvalue weighted by Crippen LogP contribution is -2.37. The van der Waals surface area contributed by atoms with Crippen molar-refractivity contribution in [1.29, 1.82) is 0 Å². The van der Waals surface area contributed by atoms with Crippen molar-refractivity contribution in [2.75, 3.05) is 6.54 Å². The van der Waals surface area contributed by atoms with Crippen LogP contribution in [0.1, 0.15) is 33.3 Å². The van der Waals surface area contributed by atoms with Crippen molar-refractivity contribution in [1.82, 2.24) is 5.32 Å². The minimum atomic E-state index is -0.880. The van der Waals surface area contributed by atoms with Gasteiger partial charge in [-0.15, -0.1) is 0 Å². The quantitative estimate of drug-likeness (QED) is 0.511. The maximum atomic E-state index is 11.9. The highest BCUT2D eigenvalue weighted by Crippen LogP contribution is 2.35. The first-order chi connectivity index (χ1) is 14.5. The van der Waals surface area contributed by atoms with Crippen LogP contribution in [0.2, 0.25) is 10.0 Å². The summed E-state index contributed by atoms with van der Waals surface area (Å²) in [5, 5.41) is 2.33. The molecule has 0 saturated heterocycles. The number of benzene rings is 1. The van der Waals surface area contributed by atoms with E-state index in [0.29, 0.717) is 11.1 Å². The second-order valence-electron chi connectivity index (χ2n) is 7.05. The van der Waals surface area contributed by atoms with Gasteiger partial charge in [0.05, 0.1) is 16.6 Å². The highest BCUT2D eigenvalue weighted by atomic mass is 35.5. The van der Waals surface area contributed by atoms with Crippen LogP contribution < -0.4 is 10.1 Å². The van der Waals surface area contributed by atoms with Crippen molar-refractivity contribution in [2.24, 2.45) is 15.9 Å². The number of aliphatic imine (C=N–C) groups is 2. The number of Topliss-reactive ketones (excluding diaryl/α,β-unsaturated/α-hetero) is 2. The van der Waals surface area contributed by atoms with E-state index in [9.17, 15) is 19.2 Å². The van der Waals surface area contributed by atoms with E-state index in [1.807, 2.05) is 19.2 Å². The molecule has 164 valence electrons. The molecular weight excluding hydrogens is 445 g/mol. The SMILES string of the molecule is CC(=O)NC(=O)C(=NCc1cc(Cl)c(OC2=NCC(=O)C(C(C)C)=C2)c(Cl)c1)C(C)=O. The second kappa shape index (κ2) is 10.5. The van der Waals surface area contributed by atoms with E-state index in [-0.39, 0.29) is 46.5 Å². The van der Waals surface area contributed by atoms with Gasteiger partial charge in [-0.25, -0.2) is 4.99 Å². The molecule has 1 heterocycles. The number of halogens is 2. The molecule has 8 nitrogen and oxygen atoms in total. The van der Waals surface area contributed by atoms with E-state index in [1.54, 1.807) is 6.08 Å². The van der Waals surface area contributed by atoms with Gasteiger partial charge in [0.15, 0.2) is 23.0 Å². The smallest absolute Gasteiger partial charge is 0.279 e. The number of nitrogens with one attached hydrogen (secondary N) is 1. The lowest BCUT2D eigenvalue weighted by atomic mass is 9.97.